The van der Waals surface area contributed by atoms with Crippen molar-refractivity contribution in [3.8, 4) is 5.75 Å². The molecule has 1 heterocycles. The van der Waals surface area contributed by atoms with Crippen LogP contribution in [0.2, 0.25) is 0 Å². The van der Waals surface area contributed by atoms with E-state index in [1.165, 1.54) is 18.2 Å². The minimum absolute atomic E-state index is 0.0179. The number of aromatic nitrogens is 1. The molecule has 0 aliphatic carbocycles. The normalized spacial score (nSPS) is 11.3. The third-order valence-electron chi connectivity index (χ3n) is 2.37. The summed E-state index contributed by atoms with van der Waals surface area (Å²) in [5.41, 5.74) is -0.129. The fraction of sp³-hybridized carbons (Fsp3) is 0.0833. The monoisotopic (exact) mass is 252 g/mol. The van der Waals surface area contributed by atoms with Crippen LogP contribution >= 0.6 is 0 Å². The van der Waals surface area contributed by atoms with Crippen molar-refractivity contribution in [1.29, 1.82) is 0 Å². The van der Waals surface area contributed by atoms with Gasteiger partial charge in [-0.05, 0) is 18.2 Å². The molecule has 0 aliphatic heterocycles. The van der Waals surface area contributed by atoms with Crippen molar-refractivity contribution >= 4 is 12.4 Å². The molecule has 0 fully saturated rings. The minimum atomic E-state index is -5.07. The first kappa shape index (κ1) is 12.5. The number of nitrogens with zero attached hydrogens (tertiary/aromatic N) is 1. The fourth-order valence-electron chi connectivity index (χ4n) is 1.52. The van der Waals surface area contributed by atoms with Crippen molar-refractivity contribution in [3.05, 3.63) is 54.4 Å². The molecular formula is C12H10BF3NO-. The molecule has 0 amide bonds. The number of pyridine rings is 1. The fourth-order valence-corrected chi connectivity index (χ4v) is 1.52. The van der Waals surface area contributed by atoms with Gasteiger partial charge in [0.05, 0.1) is 11.4 Å². The molecule has 0 saturated carbocycles. The van der Waals surface area contributed by atoms with Crippen LogP contribution in [-0.2, 0) is 6.61 Å². The Balaban J connectivity index is 2.15. The van der Waals surface area contributed by atoms with Crippen LogP contribution < -0.4 is 10.2 Å². The van der Waals surface area contributed by atoms with E-state index in [4.69, 9.17) is 4.74 Å². The van der Waals surface area contributed by atoms with E-state index in [0.29, 0.717) is 5.69 Å². The highest BCUT2D eigenvalue weighted by Gasteiger charge is 2.28. The largest absolute Gasteiger partial charge is 0.513 e. The van der Waals surface area contributed by atoms with Gasteiger partial charge in [0.1, 0.15) is 6.61 Å². The van der Waals surface area contributed by atoms with Crippen LogP contribution in [0.15, 0.2) is 48.7 Å². The highest BCUT2D eigenvalue weighted by Crippen LogP contribution is 2.18. The molecule has 6 heteroatoms. The Morgan fingerprint density at radius 2 is 1.72 bits per heavy atom. The molecule has 0 saturated heterocycles. The van der Waals surface area contributed by atoms with E-state index < -0.39 is 12.4 Å². The van der Waals surface area contributed by atoms with Gasteiger partial charge in [0.15, 0.2) is 0 Å². The Morgan fingerprint density at radius 1 is 1.00 bits per heavy atom. The van der Waals surface area contributed by atoms with Crippen molar-refractivity contribution in [2.75, 3.05) is 0 Å². The Labute approximate surface area is 102 Å². The van der Waals surface area contributed by atoms with E-state index in [1.54, 1.807) is 24.4 Å². The number of benzene rings is 1. The first-order valence-electron chi connectivity index (χ1n) is 5.39. The summed E-state index contributed by atoms with van der Waals surface area (Å²) in [5.74, 6) is -0.157. The Morgan fingerprint density at radius 3 is 2.39 bits per heavy atom. The molecule has 0 radical (unpaired) electrons. The zero-order chi connectivity index (χ0) is 13.0. The molecule has 1 aromatic heterocycles. The van der Waals surface area contributed by atoms with Crippen molar-refractivity contribution in [1.82, 2.24) is 4.98 Å². The van der Waals surface area contributed by atoms with Gasteiger partial charge in [0, 0.05) is 6.20 Å². The molecule has 0 spiro atoms. The second-order valence-corrected chi connectivity index (χ2v) is 3.72. The maximum absolute atomic E-state index is 12.7. The topological polar surface area (TPSA) is 22.1 Å². The van der Waals surface area contributed by atoms with Gasteiger partial charge in [-0.15, -0.1) is 0 Å². The van der Waals surface area contributed by atoms with Crippen molar-refractivity contribution < 1.29 is 17.7 Å². The standard InChI is InChI=1S/C12H10BF3NO/c14-13(15,16)11-6-1-2-7-12(11)18-9-10-5-3-4-8-17-10/h1-8H,9H2/q-1. The minimum Gasteiger partial charge on any atom is -0.490 e. The lowest BCUT2D eigenvalue weighted by Gasteiger charge is -2.19. The summed E-state index contributed by atoms with van der Waals surface area (Å²) in [7, 11) is 0. The van der Waals surface area contributed by atoms with E-state index in [0.717, 1.165) is 6.07 Å². The van der Waals surface area contributed by atoms with Gasteiger partial charge >= 0.3 is 6.98 Å². The summed E-state index contributed by atoms with van der Waals surface area (Å²) in [6.45, 7) is -5.05. The first-order valence-corrected chi connectivity index (χ1v) is 5.39. The lowest BCUT2D eigenvalue weighted by molar-refractivity contribution is 0.302. The van der Waals surface area contributed by atoms with E-state index >= 15 is 0 Å². The van der Waals surface area contributed by atoms with Crippen LogP contribution in [0.3, 0.4) is 0 Å². The Bertz CT molecular complexity index is 516. The highest BCUT2D eigenvalue weighted by molar-refractivity contribution is 6.74. The smallest absolute Gasteiger partial charge is 0.490 e. The zero-order valence-corrected chi connectivity index (χ0v) is 9.39. The van der Waals surface area contributed by atoms with Crippen LogP contribution in [0.1, 0.15) is 5.69 Å². The van der Waals surface area contributed by atoms with E-state index in [2.05, 4.69) is 4.98 Å². The van der Waals surface area contributed by atoms with Gasteiger partial charge in [0.25, 0.3) is 0 Å². The van der Waals surface area contributed by atoms with Gasteiger partial charge in [-0.25, -0.2) is 0 Å². The van der Waals surface area contributed by atoms with E-state index in [-0.39, 0.29) is 12.4 Å². The van der Waals surface area contributed by atoms with E-state index in [9.17, 15) is 12.9 Å². The molecule has 1 aromatic carbocycles. The molecular weight excluding hydrogens is 242 g/mol. The van der Waals surface area contributed by atoms with Crippen molar-refractivity contribution in [3.63, 3.8) is 0 Å². The summed E-state index contributed by atoms with van der Waals surface area (Å²) in [6, 6.07) is 10.4. The third-order valence-corrected chi connectivity index (χ3v) is 2.37. The summed E-state index contributed by atoms with van der Waals surface area (Å²) in [5, 5.41) is 0. The van der Waals surface area contributed by atoms with Gasteiger partial charge in [-0.3, -0.25) is 4.98 Å². The average molecular weight is 252 g/mol. The summed E-state index contributed by atoms with van der Waals surface area (Å²) >= 11 is 0. The predicted molar refractivity (Wildman–Crippen MR) is 63.7 cm³/mol. The van der Waals surface area contributed by atoms with Crippen LogP contribution in [0.5, 0.6) is 5.75 Å². The highest BCUT2D eigenvalue weighted by atomic mass is 19.4. The SMILES string of the molecule is F[B-](F)(F)c1ccccc1OCc1ccccn1. The average Bonchev–Trinajstić information content (AvgIpc) is 2.37. The summed E-state index contributed by atoms with van der Waals surface area (Å²) in [6.07, 6.45) is 1.57. The van der Waals surface area contributed by atoms with Crippen LogP contribution in [-0.4, -0.2) is 12.0 Å². The maximum Gasteiger partial charge on any atom is 0.513 e. The Hall–Kier alpha value is -1.98. The number of hydrogen-bond acceptors (Lipinski definition) is 2. The zero-order valence-electron chi connectivity index (χ0n) is 9.39. The van der Waals surface area contributed by atoms with Crippen LogP contribution in [0.4, 0.5) is 12.9 Å². The summed E-state index contributed by atoms with van der Waals surface area (Å²) < 4.78 is 43.4. The van der Waals surface area contributed by atoms with Crippen molar-refractivity contribution in [2.24, 2.45) is 0 Å². The van der Waals surface area contributed by atoms with Crippen LogP contribution in [0.25, 0.3) is 0 Å². The number of hydrogen-bond donors (Lipinski definition) is 0. The quantitative estimate of drug-likeness (QED) is 0.780. The number of halogens is 3. The molecule has 0 N–H and O–H groups in total. The molecule has 0 unspecified atom stereocenters. The van der Waals surface area contributed by atoms with E-state index in [1.807, 2.05) is 0 Å². The summed E-state index contributed by atoms with van der Waals surface area (Å²) in [4.78, 5) is 3.98. The molecule has 18 heavy (non-hydrogen) atoms. The lowest BCUT2D eigenvalue weighted by atomic mass is 9.79. The molecule has 2 aromatic rings. The third kappa shape index (κ3) is 3.03. The van der Waals surface area contributed by atoms with Gasteiger partial charge in [0.2, 0.25) is 0 Å². The molecule has 0 aliphatic rings. The maximum atomic E-state index is 12.7. The van der Waals surface area contributed by atoms with Gasteiger partial charge in [-0.1, -0.05) is 29.7 Å². The predicted octanol–water partition coefficient (Wildman–Crippen LogP) is 2.72. The van der Waals surface area contributed by atoms with Crippen molar-refractivity contribution in [2.45, 2.75) is 6.61 Å². The molecule has 0 bridgehead atoms. The Kier molecular flexibility index (Phi) is 3.55. The second kappa shape index (κ2) is 5.12. The number of rotatable bonds is 4. The molecule has 2 rings (SSSR count). The molecule has 0 atom stereocenters. The first-order chi connectivity index (χ1) is 8.57. The molecule has 94 valence electrons. The second-order valence-electron chi connectivity index (χ2n) is 3.72. The number of ether oxygens (including phenoxy) is 1. The number of para-hydroxylation sites is 1. The van der Waals surface area contributed by atoms with Gasteiger partial charge < -0.3 is 17.7 Å². The van der Waals surface area contributed by atoms with Gasteiger partial charge in [-0.2, -0.15) is 0 Å². The lowest BCUT2D eigenvalue weighted by Crippen LogP contribution is -2.35. The van der Waals surface area contributed by atoms with Crippen LogP contribution in [0, 0.1) is 0 Å². The molecule has 2 nitrogen and oxygen atoms in total.